The lowest BCUT2D eigenvalue weighted by Gasteiger charge is -2.00. The van der Waals surface area contributed by atoms with Crippen molar-refractivity contribution in [3.63, 3.8) is 0 Å². The monoisotopic (exact) mass is 464 g/mol. The molecule has 4 aromatic rings. The number of aromatic nitrogens is 2. The quantitative estimate of drug-likeness (QED) is 0.290. The van der Waals surface area contributed by atoms with Gasteiger partial charge in [0, 0.05) is 18.1 Å². The summed E-state index contributed by atoms with van der Waals surface area (Å²) < 4.78 is 19.0. The van der Waals surface area contributed by atoms with Gasteiger partial charge in [-0.3, -0.25) is 10.1 Å². The lowest BCUT2D eigenvalue weighted by atomic mass is 10.2. The lowest BCUT2D eigenvalue weighted by Crippen LogP contribution is -2.13. The number of nitriles is 1. The second-order valence-corrected chi connectivity index (χ2v) is 8.09. The largest absolute Gasteiger partial charge is 0.457 e. The Labute approximate surface area is 191 Å². The Morgan fingerprint density at radius 3 is 2.75 bits per heavy atom. The molecule has 32 heavy (non-hydrogen) atoms. The predicted molar refractivity (Wildman–Crippen MR) is 120 cm³/mol. The molecule has 0 bridgehead atoms. The summed E-state index contributed by atoms with van der Waals surface area (Å²) in [7, 11) is 0. The average Bonchev–Trinajstić information content (AvgIpc) is 3.44. The maximum Gasteiger partial charge on any atom is 0.268 e. The zero-order chi connectivity index (χ0) is 22.5. The SMILES string of the molecule is N#C/C(=C/c1ccc(-c2ccc(F)c(Cl)c2)o1)C(=O)Nc1nnc(Cc2ccccc2)s1. The fourth-order valence-electron chi connectivity index (χ4n) is 2.84. The van der Waals surface area contributed by atoms with Crippen molar-refractivity contribution in [3.8, 4) is 17.4 Å². The number of amides is 1. The summed E-state index contributed by atoms with van der Waals surface area (Å²) in [6.45, 7) is 0. The van der Waals surface area contributed by atoms with Crippen LogP contribution in [0.25, 0.3) is 17.4 Å². The third-order valence-electron chi connectivity index (χ3n) is 4.37. The molecule has 1 amide bonds. The number of nitrogens with one attached hydrogen (secondary N) is 1. The number of nitrogens with zero attached hydrogens (tertiary/aromatic N) is 3. The van der Waals surface area contributed by atoms with Gasteiger partial charge in [0.2, 0.25) is 5.13 Å². The maximum absolute atomic E-state index is 13.4. The van der Waals surface area contributed by atoms with Gasteiger partial charge >= 0.3 is 0 Å². The van der Waals surface area contributed by atoms with Crippen molar-refractivity contribution in [1.82, 2.24) is 10.2 Å². The molecule has 6 nitrogen and oxygen atoms in total. The fraction of sp³-hybridized carbons (Fsp3) is 0.0435. The standard InChI is InChI=1S/C23H14ClFN4O2S/c24-18-12-15(6-8-19(18)25)20-9-7-17(31-20)11-16(13-26)22(30)27-23-29-28-21(32-23)10-14-4-2-1-3-5-14/h1-9,11-12H,10H2,(H,27,29,30)/b16-11-. The molecule has 0 radical (unpaired) electrons. The minimum Gasteiger partial charge on any atom is -0.457 e. The van der Waals surface area contributed by atoms with Crippen molar-refractivity contribution in [2.75, 3.05) is 5.32 Å². The van der Waals surface area contributed by atoms with Gasteiger partial charge in [0.1, 0.15) is 34.0 Å². The van der Waals surface area contributed by atoms with E-state index in [4.69, 9.17) is 16.0 Å². The second kappa shape index (κ2) is 9.56. The number of halogens is 2. The molecule has 158 valence electrons. The van der Waals surface area contributed by atoms with E-state index in [1.165, 1.54) is 35.6 Å². The molecule has 2 aromatic carbocycles. The van der Waals surface area contributed by atoms with Gasteiger partial charge in [-0.25, -0.2) is 4.39 Å². The molecular weight excluding hydrogens is 451 g/mol. The van der Waals surface area contributed by atoms with E-state index >= 15 is 0 Å². The number of carbonyl (C=O) groups excluding carboxylic acids is 1. The molecule has 0 aliphatic heterocycles. The highest BCUT2D eigenvalue weighted by atomic mass is 35.5. The first-order valence-corrected chi connectivity index (χ1v) is 10.6. The first-order valence-electron chi connectivity index (χ1n) is 9.36. The lowest BCUT2D eigenvalue weighted by molar-refractivity contribution is -0.112. The van der Waals surface area contributed by atoms with Crippen molar-refractivity contribution in [3.05, 3.63) is 93.4 Å². The molecule has 9 heteroatoms. The van der Waals surface area contributed by atoms with Crippen LogP contribution in [-0.2, 0) is 11.2 Å². The highest BCUT2D eigenvalue weighted by molar-refractivity contribution is 7.15. The van der Waals surface area contributed by atoms with Gasteiger partial charge in [-0.1, -0.05) is 53.3 Å². The minimum absolute atomic E-state index is 0.0308. The highest BCUT2D eigenvalue weighted by Gasteiger charge is 2.15. The van der Waals surface area contributed by atoms with E-state index in [1.807, 2.05) is 36.4 Å². The van der Waals surface area contributed by atoms with Gasteiger partial charge in [-0.15, -0.1) is 10.2 Å². The number of hydrogen-bond donors (Lipinski definition) is 1. The molecule has 2 heterocycles. The summed E-state index contributed by atoms with van der Waals surface area (Å²) >= 11 is 7.04. The number of rotatable bonds is 6. The van der Waals surface area contributed by atoms with Crippen LogP contribution in [0.1, 0.15) is 16.3 Å². The number of anilines is 1. The van der Waals surface area contributed by atoms with E-state index in [0.29, 0.717) is 22.9 Å². The second-order valence-electron chi connectivity index (χ2n) is 6.62. The number of furan rings is 1. The molecule has 0 aliphatic carbocycles. The number of benzene rings is 2. The predicted octanol–water partition coefficient (Wildman–Crippen LogP) is 5.73. The highest BCUT2D eigenvalue weighted by Crippen LogP contribution is 2.27. The molecule has 0 aliphatic rings. The topological polar surface area (TPSA) is 91.8 Å². The average molecular weight is 465 g/mol. The molecular formula is C23H14ClFN4O2S. The maximum atomic E-state index is 13.4. The van der Waals surface area contributed by atoms with Gasteiger partial charge in [0.05, 0.1) is 5.02 Å². The molecule has 2 aromatic heterocycles. The van der Waals surface area contributed by atoms with Gasteiger partial charge in [0.15, 0.2) is 0 Å². The molecule has 0 atom stereocenters. The zero-order valence-corrected chi connectivity index (χ0v) is 18.0. The molecule has 1 N–H and O–H groups in total. The van der Waals surface area contributed by atoms with E-state index < -0.39 is 11.7 Å². The summed E-state index contributed by atoms with van der Waals surface area (Å²) in [6.07, 6.45) is 1.91. The smallest absolute Gasteiger partial charge is 0.268 e. The summed E-state index contributed by atoms with van der Waals surface area (Å²) in [6, 6.07) is 19.1. The first-order chi connectivity index (χ1) is 15.5. The van der Waals surface area contributed by atoms with E-state index in [-0.39, 0.29) is 16.4 Å². The van der Waals surface area contributed by atoms with Gasteiger partial charge in [0.25, 0.3) is 5.91 Å². The third kappa shape index (κ3) is 5.09. The van der Waals surface area contributed by atoms with Crippen LogP contribution in [0.2, 0.25) is 5.02 Å². The van der Waals surface area contributed by atoms with Crippen LogP contribution >= 0.6 is 22.9 Å². The van der Waals surface area contributed by atoms with Crippen LogP contribution in [0, 0.1) is 17.1 Å². The number of carbonyl (C=O) groups is 1. The van der Waals surface area contributed by atoms with Gasteiger partial charge in [-0.05, 0) is 35.9 Å². The van der Waals surface area contributed by atoms with Gasteiger partial charge < -0.3 is 4.42 Å². The van der Waals surface area contributed by atoms with Crippen molar-refractivity contribution in [2.24, 2.45) is 0 Å². The van der Waals surface area contributed by atoms with Crippen LogP contribution in [-0.4, -0.2) is 16.1 Å². The number of hydrogen-bond acceptors (Lipinski definition) is 6. The van der Waals surface area contributed by atoms with Crippen LogP contribution in [0.4, 0.5) is 9.52 Å². The van der Waals surface area contributed by atoms with Crippen molar-refractivity contribution < 1.29 is 13.6 Å². The Kier molecular flexibility index (Phi) is 6.40. The van der Waals surface area contributed by atoms with E-state index in [9.17, 15) is 14.4 Å². The van der Waals surface area contributed by atoms with Crippen LogP contribution in [0.3, 0.4) is 0 Å². The zero-order valence-electron chi connectivity index (χ0n) is 16.4. The first kappa shape index (κ1) is 21.4. The van der Waals surface area contributed by atoms with E-state index in [1.54, 1.807) is 12.1 Å². The van der Waals surface area contributed by atoms with E-state index in [0.717, 1.165) is 10.6 Å². The Bertz CT molecular complexity index is 1340. The summed E-state index contributed by atoms with van der Waals surface area (Å²) in [5.74, 6) is -0.452. The molecule has 0 spiro atoms. The van der Waals surface area contributed by atoms with Crippen LogP contribution < -0.4 is 5.32 Å². The third-order valence-corrected chi connectivity index (χ3v) is 5.50. The summed E-state index contributed by atoms with van der Waals surface area (Å²) in [5.41, 5.74) is 1.48. The molecule has 0 unspecified atom stereocenters. The summed E-state index contributed by atoms with van der Waals surface area (Å²) in [4.78, 5) is 12.5. The molecule has 4 rings (SSSR count). The van der Waals surface area contributed by atoms with Crippen molar-refractivity contribution in [1.29, 1.82) is 5.26 Å². The Morgan fingerprint density at radius 1 is 1.19 bits per heavy atom. The van der Waals surface area contributed by atoms with Crippen molar-refractivity contribution >= 4 is 40.1 Å². The Hall–Kier alpha value is -3.80. The normalized spacial score (nSPS) is 11.2. The van der Waals surface area contributed by atoms with E-state index in [2.05, 4.69) is 15.5 Å². The Morgan fingerprint density at radius 2 is 2.00 bits per heavy atom. The van der Waals surface area contributed by atoms with Gasteiger partial charge in [-0.2, -0.15) is 5.26 Å². The van der Waals surface area contributed by atoms with Crippen LogP contribution in [0.15, 0.2) is 70.7 Å². The Balaban J connectivity index is 1.46. The minimum atomic E-state index is -0.627. The fourth-order valence-corrected chi connectivity index (χ4v) is 3.79. The van der Waals surface area contributed by atoms with Crippen molar-refractivity contribution in [2.45, 2.75) is 6.42 Å². The molecule has 0 fully saturated rings. The summed E-state index contributed by atoms with van der Waals surface area (Å²) in [5, 5.41) is 21.1. The van der Waals surface area contributed by atoms with Crippen LogP contribution in [0.5, 0.6) is 0 Å². The molecule has 0 saturated heterocycles. The molecule has 0 saturated carbocycles.